The largest absolute Gasteiger partial charge is 0.327 e. The first-order chi connectivity index (χ1) is 7.41. The van der Waals surface area contributed by atoms with Crippen LogP contribution in [0.4, 0.5) is 4.39 Å². The standard InChI is InChI=1S/C12H15BrFNO/c1-7(2)11(15)6-12(16)9-5-8(13)3-4-10(9)14/h3-5,7,11H,6,15H2,1-2H3. The van der Waals surface area contributed by atoms with Crippen LogP contribution in [0, 0.1) is 11.7 Å². The minimum atomic E-state index is -0.496. The molecule has 16 heavy (non-hydrogen) atoms. The van der Waals surface area contributed by atoms with Crippen LogP contribution in [-0.2, 0) is 0 Å². The maximum absolute atomic E-state index is 13.4. The number of hydrogen-bond acceptors (Lipinski definition) is 2. The van der Waals surface area contributed by atoms with E-state index in [1.54, 1.807) is 6.07 Å². The number of carbonyl (C=O) groups is 1. The lowest BCUT2D eigenvalue weighted by Crippen LogP contribution is -2.29. The van der Waals surface area contributed by atoms with Crippen molar-refractivity contribution in [3.63, 3.8) is 0 Å². The van der Waals surface area contributed by atoms with Gasteiger partial charge in [-0.3, -0.25) is 4.79 Å². The minimum Gasteiger partial charge on any atom is -0.327 e. The van der Waals surface area contributed by atoms with Gasteiger partial charge in [0.25, 0.3) is 0 Å². The molecule has 0 amide bonds. The maximum atomic E-state index is 13.4. The van der Waals surface area contributed by atoms with E-state index in [9.17, 15) is 9.18 Å². The fourth-order valence-electron chi connectivity index (χ4n) is 1.27. The van der Waals surface area contributed by atoms with E-state index in [4.69, 9.17) is 5.73 Å². The average Bonchev–Trinajstić information content (AvgIpc) is 2.21. The van der Waals surface area contributed by atoms with Gasteiger partial charge in [0.05, 0.1) is 5.56 Å². The predicted octanol–water partition coefficient (Wildman–Crippen LogP) is 3.14. The first-order valence-corrected chi connectivity index (χ1v) is 5.95. The van der Waals surface area contributed by atoms with E-state index >= 15 is 0 Å². The number of rotatable bonds is 4. The van der Waals surface area contributed by atoms with Crippen LogP contribution in [0.15, 0.2) is 22.7 Å². The molecular weight excluding hydrogens is 273 g/mol. The molecule has 0 heterocycles. The summed E-state index contributed by atoms with van der Waals surface area (Å²) < 4.78 is 14.1. The number of halogens is 2. The van der Waals surface area contributed by atoms with Crippen molar-refractivity contribution < 1.29 is 9.18 Å². The predicted molar refractivity (Wildman–Crippen MR) is 65.9 cm³/mol. The Hall–Kier alpha value is -0.740. The minimum absolute atomic E-state index is 0.102. The summed E-state index contributed by atoms with van der Waals surface area (Å²) in [6.45, 7) is 3.88. The van der Waals surface area contributed by atoms with Crippen LogP contribution < -0.4 is 5.73 Å². The van der Waals surface area contributed by atoms with Gasteiger partial charge in [0, 0.05) is 16.9 Å². The molecule has 1 aromatic carbocycles. The zero-order chi connectivity index (χ0) is 12.3. The van der Waals surface area contributed by atoms with Crippen molar-refractivity contribution in [2.75, 3.05) is 0 Å². The van der Waals surface area contributed by atoms with Gasteiger partial charge in [-0.15, -0.1) is 0 Å². The van der Waals surface area contributed by atoms with Crippen molar-refractivity contribution >= 4 is 21.7 Å². The molecule has 1 rings (SSSR count). The molecular formula is C12H15BrFNO. The van der Waals surface area contributed by atoms with E-state index in [1.165, 1.54) is 12.1 Å². The summed E-state index contributed by atoms with van der Waals surface area (Å²) in [5, 5.41) is 0. The molecule has 1 unspecified atom stereocenters. The summed E-state index contributed by atoms with van der Waals surface area (Å²) in [6.07, 6.45) is 0.172. The first kappa shape index (κ1) is 13.3. The van der Waals surface area contributed by atoms with Gasteiger partial charge in [-0.25, -0.2) is 4.39 Å². The fraction of sp³-hybridized carbons (Fsp3) is 0.417. The SMILES string of the molecule is CC(C)C(N)CC(=O)c1cc(Br)ccc1F. The molecule has 4 heteroatoms. The van der Waals surface area contributed by atoms with E-state index < -0.39 is 5.82 Å². The van der Waals surface area contributed by atoms with Gasteiger partial charge in [-0.05, 0) is 24.1 Å². The molecule has 0 saturated carbocycles. The molecule has 0 fully saturated rings. The van der Waals surface area contributed by atoms with Gasteiger partial charge in [0.1, 0.15) is 5.82 Å². The van der Waals surface area contributed by atoms with E-state index in [2.05, 4.69) is 15.9 Å². The molecule has 0 aliphatic rings. The summed E-state index contributed by atoms with van der Waals surface area (Å²) >= 11 is 3.21. The molecule has 0 spiro atoms. The quantitative estimate of drug-likeness (QED) is 0.865. The highest BCUT2D eigenvalue weighted by atomic mass is 79.9. The van der Waals surface area contributed by atoms with Crippen LogP contribution in [0.3, 0.4) is 0 Å². The van der Waals surface area contributed by atoms with Gasteiger partial charge in [-0.1, -0.05) is 29.8 Å². The molecule has 0 bridgehead atoms. The lowest BCUT2D eigenvalue weighted by Gasteiger charge is -2.14. The Morgan fingerprint density at radius 2 is 2.12 bits per heavy atom. The lowest BCUT2D eigenvalue weighted by atomic mass is 9.96. The topological polar surface area (TPSA) is 43.1 Å². The summed E-state index contributed by atoms with van der Waals surface area (Å²) in [5.74, 6) is -0.539. The van der Waals surface area contributed by atoms with Gasteiger partial charge < -0.3 is 5.73 Å². The second kappa shape index (κ2) is 5.55. The van der Waals surface area contributed by atoms with Crippen LogP contribution in [0.1, 0.15) is 30.6 Å². The van der Waals surface area contributed by atoms with Crippen molar-refractivity contribution in [1.82, 2.24) is 0 Å². The summed E-state index contributed by atoms with van der Waals surface area (Å²) in [7, 11) is 0. The molecule has 0 aliphatic carbocycles. The first-order valence-electron chi connectivity index (χ1n) is 5.15. The zero-order valence-electron chi connectivity index (χ0n) is 9.34. The third-order valence-electron chi connectivity index (χ3n) is 2.51. The number of nitrogens with two attached hydrogens (primary N) is 1. The molecule has 1 atom stereocenters. The Morgan fingerprint density at radius 3 is 2.69 bits per heavy atom. The van der Waals surface area contributed by atoms with E-state index in [0.717, 1.165) is 0 Å². The average molecular weight is 288 g/mol. The van der Waals surface area contributed by atoms with Crippen LogP contribution >= 0.6 is 15.9 Å². The number of ketones is 1. The summed E-state index contributed by atoms with van der Waals surface area (Å²) in [4.78, 5) is 11.8. The molecule has 0 radical (unpaired) electrons. The van der Waals surface area contributed by atoms with E-state index in [-0.39, 0.29) is 29.7 Å². The number of carbonyl (C=O) groups excluding carboxylic acids is 1. The molecule has 88 valence electrons. The van der Waals surface area contributed by atoms with Crippen molar-refractivity contribution in [3.8, 4) is 0 Å². The molecule has 2 nitrogen and oxygen atoms in total. The second-order valence-corrected chi connectivity index (χ2v) is 5.08. The fourth-order valence-corrected chi connectivity index (χ4v) is 1.63. The molecule has 0 aromatic heterocycles. The van der Waals surface area contributed by atoms with Crippen molar-refractivity contribution in [1.29, 1.82) is 0 Å². The van der Waals surface area contributed by atoms with Gasteiger partial charge in [0.2, 0.25) is 0 Å². The second-order valence-electron chi connectivity index (χ2n) is 4.16. The number of hydrogen-bond donors (Lipinski definition) is 1. The van der Waals surface area contributed by atoms with Gasteiger partial charge in [0.15, 0.2) is 5.78 Å². The van der Waals surface area contributed by atoms with Crippen molar-refractivity contribution in [2.45, 2.75) is 26.3 Å². The normalized spacial score (nSPS) is 12.9. The Morgan fingerprint density at radius 1 is 1.50 bits per heavy atom. The van der Waals surface area contributed by atoms with Crippen LogP contribution in [0.2, 0.25) is 0 Å². The van der Waals surface area contributed by atoms with E-state index in [0.29, 0.717) is 4.47 Å². The van der Waals surface area contributed by atoms with Gasteiger partial charge in [-0.2, -0.15) is 0 Å². The third-order valence-corrected chi connectivity index (χ3v) is 3.00. The highest BCUT2D eigenvalue weighted by Gasteiger charge is 2.17. The lowest BCUT2D eigenvalue weighted by molar-refractivity contribution is 0.0963. The Labute approximate surface area is 103 Å². The Balaban J connectivity index is 2.84. The molecule has 2 N–H and O–H groups in total. The summed E-state index contributed by atoms with van der Waals surface area (Å²) in [5.41, 5.74) is 5.89. The number of Topliss-reactive ketones (excluding diaryl/α,β-unsaturated/α-hetero) is 1. The zero-order valence-corrected chi connectivity index (χ0v) is 10.9. The monoisotopic (exact) mass is 287 g/mol. The smallest absolute Gasteiger partial charge is 0.167 e. The van der Waals surface area contributed by atoms with Crippen LogP contribution in [-0.4, -0.2) is 11.8 Å². The summed E-state index contributed by atoms with van der Waals surface area (Å²) in [6, 6.07) is 4.10. The molecule has 0 saturated heterocycles. The molecule has 0 aliphatic heterocycles. The van der Waals surface area contributed by atoms with E-state index in [1.807, 2.05) is 13.8 Å². The third kappa shape index (κ3) is 3.39. The maximum Gasteiger partial charge on any atom is 0.167 e. The van der Waals surface area contributed by atoms with Crippen molar-refractivity contribution in [2.24, 2.45) is 11.7 Å². The van der Waals surface area contributed by atoms with Crippen LogP contribution in [0.5, 0.6) is 0 Å². The van der Waals surface area contributed by atoms with Crippen LogP contribution in [0.25, 0.3) is 0 Å². The Bertz CT molecular complexity index is 393. The Kier molecular flexibility index (Phi) is 4.62. The van der Waals surface area contributed by atoms with Gasteiger partial charge >= 0.3 is 0 Å². The highest BCUT2D eigenvalue weighted by Crippen LogP contribution is 2.18. The highest BCUT2D eigenvalue weighted by molar-refractivity contribution is 9.10. The van der Waals surface area contributed by atoms with Crippen molar-refractivity contribution in [3.05, 3.63) is 34.1 Å². The molecule has 1 aromatic rings. The number of benzene rings is 1.